The van der Waals surface area contributed by atoms with Crippen molar-refractivity contribution >= 4 is 17.6 Å². The van der Waals surface area contributed by atoms with Crippen LogP contribution in [0, 0.1) is 0 Å². The van der Waals surface area contributed by atoms with E-state index in [0.29, 0.717) is 13.0 Å². The number of benzene rings is 1. The second-order valence-electron chi connectivity index (χ2n) is 4.94. The Kier molecular flexibility index (Phi) is 5.12. The van der Waals surface area contributed by atoms with E-state index < -0.39 is 5.97 Å². The maximum Gasteiger partial charge on any atom is 0.303 e. The lowest BCUT2D eigenvalue weighted by atomic mass is 10.1. The molecule has 1 atom stereocenters. The fraction of sp³-hybridized carbons (Fsp3) is 0.467. The van der Waals surface area contributed by atoms with Gasteiger partial charge in [0.05, 0.1) is 0 Å². The number of anilines is 1. The minimum Gasteiger partial charge on any atom is -0.481 e. The van der Waals surface area contributed by atoms with E-state index in [1.807, 2.05) is 24.3 Å². The molecule has 20 heavy (non-hydrogen) atoms. The average molecular weight is 277 g/mol. The van der Waals surface area contributed by atoms with Crippen LogP contribution in [0.2, 0.25) is 0 Å². The lowest BCUT2D eigenvalue weighted by molar-refractivity contribution is -0.137. The first-order chi connectivity index (χ1) is 9.65. The van der Waals surface area contributed by atoms with E-state index in [1.165, 1.54) is 0 Å². The molecule has 1 aromatic rings. The summed E-state index contributed by atoms with van der Waals surface area (Å²) in [7, 11) is 0. The monoisotopic (exact) mass is 277 g/mol. The predicted octanol–water partition coefficient (Wildman–Crippen LogP) is 2.21. The van der Waals surface area contributed by atoms with Gasteiger partial charge in [-0.2, -0.15) is 0 Å². The highest BCUT2D eigenvalue weighted by atomic mass is 16.5. The molecule has 1 aromatic carbocycles. The summed E-state index contributed by atoms with van der Waals surface area (Å²) < 4.78 is 5.32. The van der Waals surface area contributed by atoms with Crippen molar-refractivity contribution in [1.29, 1.82) is 0 Å². The lowest BCUT2D eigenvalue weighted by Gasteiger charge is -2.10. The Morgan fingerprint density at radius 1 is 1.30 bits per heavy atom. The number of aryl methyl sites for hydroxylation is 1. The number of rotatable bonds is 6. The third kappa shape index (κ3) is 4.35. The fourth-order valence-electron chi connectivity index (χ4n) is 2.21. The number of nitrogens with one attached hydrogen (secondary N) is 1. The molecule has 0 saturated carbocycles. The van der Waals surface area contributed by atoms with Gasteiger partial charge in [0.1, 0.15) is 6.10 Å². The van der Waals surface area contributed by atoms with Crippen LogP contribution in [0.3, 0.4) is 0 Å². The van der Waals surface area contributed by atoms with Crippen LogP contribution in [0.5, 0.6) is 0 Å². The molecule has 0 bridgehead atoms. The van der Waals surface area contributed by atoms with Crippen molar-refractivity contribution in [2.75, 3.05) is 11.9 Å². The minimum atomic E-state index is -0.773. The average Bonchev–Trinajstić information content (AvgIpc) is 2.94. The largest absolute Gasteiger partial charge is 0.481 e. The van der Waals surface area contributed by atoms with Gasteiger partial charge in [-0.1, -0.05) is 12.1 Å². The van der Waals surface area contributed by atoms with Crippen molar-refractivity contribution in [2.45, 2.75) is 38.2 Å². The number of amides is 1. The van der Waals surface area contributed by atoms with Gasteiger partial charge in [0.25, 0.3) is 5.91 Å². The van der Waals surface area contributed by atoms with Crippen LogP contribution in [0.25, 0.3) is 0 Å². The quantitative estimate of drug-likeness (QED) is 0.836. The molecule has 108 valence electrons. The highest BCUT2D eigenvalue weighted by Gasteiger charge is 2.23. The molecule has 5 nitrogen and oxygen atoms in total. The molecule has 1 unspecified atom stereocenters. The Balaban J connectivity index is 1.81. The second-order valence-corrected chi connectivity index (χ2v) is 4.94. The van der Waals surface area contributed by atoms with Gasteiger partial charge in [0, 0.05) is 18.7 Å². The molecule has 0 spiro atoms. The smallest absolute Gasteiger partial charge is 0.303 e. The molecule has 5 heteroatoms. The zero-order valence-electron chi connectivity index (χ0n) is 11.3. The van der Waals surface area contributed by atoms with E-state index in [4.69, 9.17) is 9.84 Å². The fourth-order valence-corrected chi connectivity index (χ4v) is 2.21. The van der Waals surface area contributed by atoms with Gasteiger partial charge in [0.15, 0.2) is 0 Å². The summed E-state index contributed by atoms with van der Waals surface area (Å²) >= 11 is 0. The second kappa shape index (κ2) is 7.05. The Morgan fingerprint density at radius 2 is 2.05 bits per heavy atom. The molecule has 2 rings (SSSR count). The van der Waals surface area contributed by atoms with Crippen LogP contribution >= 0.6 is 0 Å². The number of aliphatic carboxylic acids is 1. The summed E-state index contributed by atoms with van der Waals surface area (Å²) in [6.45, 7) is 0.653. The van der Waals surface area contributed by atoms with Gasteiger partial charge >= 0.3 is 5.97 Å². The Labute approximate surface area is 117 Å². The molecule has 1 fully saturated rings. The van der Waals surface area contributed by atoms with Gasteiger partial charge in [0.2, 0.25) is 0 Å². The number of carbonyl (C=O) groups excluding carboxylic acids is 1. The van der Waals surface area contributed by atoms with Crippen LogP contribution in [0.4, 0.5) is 5.69 Å². The number of ether oxygens (including phenoxy) is 1. The molecule has 0 aliphatic carbocycles. The van der Waals surface area contributed by atoms with Gasteiger partial charge in [-0.15, -0.1) is 0 Å². The molecule has 1 heterocycles. The predicted molar refractivity (Wildman–Crippen MR) is 74.6 cm³/mol. The van der Waals surface area contributed by atoms with Crippen molar-refractivity contribution in [3.63, 3.8) is 0 Å². The molecule has 1 saturated heterocycles. The topological polar surface area (TPSA) is 75.6 Å². The first-order valence-corrected chi connectivity index (χ1v) is 6.88. The number of carboxylic acid groups (broad SMARTS) is 1. The molecular weight excluding hydrogens is 258 g/mol. The van der Waals surface area contributed by atoms with Gasteiger partial charge in [-0.05, 0) is 43.4 Å². The zero-order chi connectivity index (χ0) is 14.4. The summed E-state index contributed by atoms with van der Waals surface area (Å²) in [5.41, 5.74) is 1.81. The number of hydrogen-bond donors (Lipinski definition) is 2. The van der Waals surface area contributed by atoms with Crippen LogP contribution in [0.15, 0.2) is 24.3 Å². The molecule has 0 radical (unpaired) electrons. The van der Waals surface area contributed by atoms with Gasteiger partial charge < -0.3 is 15.2 Å². The number of carbonyl (C=O) groups is 2. The maximum absolute atomic E-state index is 11.8. The van der Waals surface area contributed by atoms with Crippen molar-refractivity contribution in [1.82, 2.24) is 0 Å². The zero-order valence-corrected chi connectivity index (χ0v) is 11.3. The highest BCUT2D eigenvalue weighted by molar-refractivity contribution is 5.94. The van der Waals surface area contributed by atoms with Crippen molar-refractivity contribution in [3.8, 4) is 0 Å². The Morgan fingerprint density at radius 3 is 2.65 bits per heavy atom. The highest BCUT2D eigenvalue weighted by Crippen LogP contribution is 2.16. The standard InChI is InChI=1S/C15H19NO4/c17-14(18)5-1-3-11-6-8-12(9-7-11)16-15(19)13-4-2-10-20-13/h6-9,13H,1-5,10H2,(H,16,19)(H,17,18). The lowest BCUT2D eigenvalue weighted by Crippen LogP contribution is -2.26. The van der Waals surface area contributed by atoms with Crippen molar-refractivity contribution < 1.29 is 19.4 Å². The maximum atomic E-state index is 11.8. The number of hydrogen-bond acceptors (Lipinski definition) is 3. The third-order valence-electron chi connectivity index (χ3n) is 3.30. The number of carboxylic acids is 1. The molecule has 1 aliphatic rings. The summed E-state index contributed by atoms with van der Waals surface area (Å²) in [6.07, 6.45) is 2.91. The van der Waals surface area contributed by atoms with E-state index >= 15 is 0 Å². The van der Waals surface area contributed by atoms with Gasteiger partial charge in [-0.3, -0.25) is 9.59 Å². The first kappa shape index (κ1) is 14.5. The summed E-state index contributed by atoms with van der Waals surface area (Å²) in [6, 6.07) is 7.49. The van der Waals surface area contributed by atoms with Crippen LogP contribution < -0.4 is 5.32 Å². The van der Waals surface area contributed by atoms with Crippen molar-refractivity contribution in [3.05, 3.63) is 29.8 Å². The van der Waals surface area contributed by atoms with E-state index in [0.717, 1.165) is 30.5 Å². The van der Waals surface area contributed by atoms with Crippen molar-refractivity contribution in [2.24, 2.45) is 0 Å². The Bertz CT molecular complexity index is 463. The Hall–Kier alpha value is -1.88. The SMILES string of the molecule is O=C(O)CCCc1ccc(NC(=O)C2CCCO2)cc1. The molecule has 0 aromatic heterocycles. The normalized spacial score (nSPS) is 17.9. The van der Waals surface area contributed by atoms with Crippen LogP contribution in [-0.2, 0) is 20.7 Å². The van der Waals surface area contributed by atoms with E-state index in [2.05, 4.69) is 5.32 Å². The van der Waals surface area contributed by atoms with E-state index in [9.17, 15) is 9.59 Å². The molecule has 1 aliphatic heterocycles. The summed E-state index contributed by atoms with van der Waals surface area (Å²) in [4.78, 5) is 22.3. The van der Waals surface area contributed by atoms with E-state index in [1.54, 1.807) is 0 Å². The molecular formula is C15H19NO4. The molecule has 1 amide bonds. The van der Waals surface area contributed by atoms with Crippen LogP contribution in [0.1, 0.15) is 31.2 Å². The summed E-state index contributed by atoms with van der Waals surface area (Å²) in [5.74, 6) is -0.869. The minimum absolute atomic E-state index is 0.0962. The van der Waals surface area contributed by atoms with Gasteiger partial charge in [-0.25, -0.2) is 0 Å². The van der Waals surface area contributed by atoms with E-state index in [-0.39, 0.29) is 18.4 Å². The summed E-state index contributed by atoms with van der Waals surface area (Å²) in [5, 5.41) is 11.4. The molecule has 2 N–H and O–H groups in total. The van der Waals surface area contributed by atoms with Crippen LogP contribution in [-0.4, -0.2) is 29.7 Å². The third-order valence-corrected chi connectivity index (χ3v) is 3.30. The first-order valence-electron chi connectivity index (χ1n) is 6.88.